The van der Waals surface area contributed by atoms with Crippen molar-refractivity contribution >= 4 is 11.7 Å². The molecule has 2 aromatic heterocycles. The van der Waals surface area contributed by atoms with E-state index in [1.165, 1.54) is 12.1 Å². The van der Waals surface area contributed by atoms with Crippen LogP contribution in [0.4, 0.5) is 23.4 Å². The number of aromatic nitrogens is 3. The normalized spacial score (nSPS) is 24.3. The second-order valence-corrected chi connectivity index (χ2v) is 12.6. The number of piperidine rings is 1. The number of rotatable bonds is 8. The van der Waals surface area contributed by atoms with Gasteiger partial charge in [0.05, 0.1) is 24.4 Å². The predicted octanol–water partition coefficient (Wildman–Crippen LogP) is 5.81. The summed E-state index contributed by atoms with van der Waals surface area (Å²) in [6.45, 7) is 5.58. The lowest BCUT2D eigenvalue weighted by molar-refractivity contribution is -0.137. The van der Waals surface area contributed by atoms with Crippen molar-refractivity contribution in [3.63, 3.8) is 0 Å². The molecule has 3 aromatic rings. The quantitative estimate of drug-likeness (QED) is 0.289. The Labute approximate surface area is 270 Å². The number of benzene rings is 1. The van der Waals surface area contributed by atoms with Gasteiger partial charge in [-0.1, -0.05) is 17.3 Å². The number of anilines is 1. The van der Waals surface area contributed by atoms with Crippen LogP contribution < -0.4 is 10.6 Å². The van der Waals surface area contributed by atoms with Gasteiger partial charge in [0.15, 0.2) is 11.5 Å². The highest BCUT2D eigenvalue weighted by Crippen LogP contribution is 2.35. The Morgan fingerprint density at radius 3 is 2.49 bits per heavy atom. The van der Waals surface area contributed by atoms with E-state index < -0.39 is 17.9 Å². The highest BCUT2D eigenvalue weighted by molar-refractivity contribution is 5.95. The Morgan fingerprint density at radius 1 is 1.04 bits per heavy atom. The summed E-state index contributed by atoms with van der Waals surface area (Å²) >= 11 is 0. The molecule has 3 aliphatic heterocycles. The number of likely N-dealkylation sites (tertiary alicyclic amines) is 1. The number of carbonyl (C=O) groups excluding carboxylic acids is 1. The van der Waals surface area contributed by atoms with E-state index in [1.54, 1.807) is 24.8 Å². The van der Waals surface area contributed by atoms with Crippen LogP contribution in [0.2, 0.25) is 0 Å². The first-order valence-corrected chi connectivity index (χ1v) is 16.2. The summed E-state index contributed by atoms with van der Waals surface area (Å²) in [6, 6.07) is 6.70. The maximum absolute atomic E-state index is 14.3. The summed E-state index contributed by atoms with van der Waals surface area (Å²) in [7, 11) is 0. The number of ether oxygens (including phenoxy) is 2. The summed E-state index contributed by atoms with van der Waals surface area (Å²) in [5.41, 5.74) is 1.25. The second kappa shape index (κ2) is 14.2. The summed E-state index contributed by atoms with van der Waals surface area (Å²) in [5.74, 6) is 1.06. The molecular formula is C33H40F4N6O4. The van der Waals surface area contributed by atoms with Gasteiger partial charge in [0, 0.05) is 50.0 Å². The molecule has 1 amide bonds. The van der Waals surface area contributed by atoms with Crippen molar-refractivity contribution in [1.82, 2.24) is 25.3 Å². The molecule has 0 spiro atoms. The lowest BCUT2D eigenvalue weighted by Gasteiger charge is -2.36. The van der Waals surface area contributed by atoms with Gasteiger partial charge in [-0.25, -0.2) is 14.4 Å². The fourth-order valence-electron chi connectivity index (χ4n) is 6.47. The van der Waals surface area contributed by atoms with Crippen LogP contribution in [0, 0.1) is 13.8 Å². The van der Waals surface area contributed by atoms with Crippen molar-refractivity contribution in [2.45, 2.75) is 89.0 Å². The standard InChI is InChI=1S/C33H40F4N6O4/c1-19-16-27(42-47-19)31-40-29(32(44)43-13-10-23(11-14-43)39-26-12-15-45-18-25(26)34)20(2)30(41-31)38-17-24-4-3-5-28(46-24)21-6-8-22(9-7-21)33(35,36)37/h6-9,16,23-26,28,39H,3-5,10-15,17-18H2,1-2H3,(H,38,40,41)/t24-,25-,26+,28+/m1/s1. The van der Waals surface area contributed by atoms with Gasteiger partial charge in [-0.2, -0.15) is 13.2 Å². The average Bonchev–Trinajstić information content (AvgIpc) is 3.51. The Hall–Kier alpha value is -3.62. The minimum Gasteiger partial charge on any atom is -0.378 e. The Bertz CT molecular complexity index is 1530. The molecule has 1 aromatic carbocycles. The molecule has 0 bridgehead atoms. The van der Waals surface area contributed by atoms with Crippen LogP contribution in [0.15, 0.2) is 34.9 Å². The zero-order valence-electron chi connectivity index (χ0n) is 26.5. The molecule has 3 fully saturated rings. The van der Waals surface area contributed by atoms with Gasteiger partial charge in [0.2, 0.25) is 0 Å². The molecule has 5 heterocycles. The van der Waals surface area contributed by atoms with Crippen molar-refractivity contribution in [3.8, 4) is 11.5 Å². The van der Waals surface area contributed by atoms with Crippen molar-refractivity contribution in [3.05, 3.63) is 58.5 Å². The van der Waals surface area contributed by atoms with E-state index in [1.807, 2.05) is 0 Å². The van der Waals surface area contributed by atoms with E-state index in [-0.39, 0.29) is 48.3 Å². The van der Waals surface area contributed by atoms with Gasteiger partial charge >= 0.3 is 6.18 Å². The second-order valence-electron chi connectivity index (χ2n) is 12.6. The monoisotopic (exact) mass is 660 g/mol. The topological polar surface area (TPSA) is 115 Å². The van der Waals surface area contributed by atoms with Gasteiger partial charge in [-0.3, -0.25) is 4.79 Å². The maximum Gasteiger partial charge on any atom is 0.416 e. The van der Waals surface area contributed by atoms with Crippen LogP contribution in [0.1, 0.15) is 77.6 Å². The van der Waals surface area contributed by atoms with E-state index in [2.05, 4.69) is 25.8 Å². The number of hydrogen-bond acceptors (Lipinski definition) is 9. The first-order valence-electron chi connectivity index (χ1n) is 16.2. The van der Waals surface area contributed by atoms with Crippen LogP contribution in [0.25, 0.3) is 11.5 Å². The SMILES string of the molecule is Cc1cc(-c2nc(NC[C@H]3CCC[C@@H](c4ccc(C(F)(F)F)cc4)O3)c(C)c(C(=O)N3CCC(N[C@H]4CCOC[C@H]4F)CC3)n2)no1. The number of nitrogens with zero attached hydrogens (tertiary/aromatic N) is 4. The first-order chi connectivity index (χ1) is 22.5. The van der Waals surface area contributed by atoms with Crippen molar-refractivity contribution in [2.75, 3.05) is 38.2 Å². The number of amides is 1. The molecule has 0 aliphatic carbocycles. The number of alkyl halides is 4. The first kappa shape index (κ1) is 33.3. The highest BCUT2D eigenvalue weighted by Gasteiger charge is 2.33. The Balaban J connectivity index is 1.14. The molecule has 10 nitrogen and oxygen atoms in total. The predicted molar refractivity (Wildman–Crippen MR) is 165 cm³/mol. The van der Waals surface area contributed by atoms with E-state index >= 15 is 0 Å². The van der Waals surface area contributed by atoms with E-state index in [0.29, 0.717) is 80.3 Å². The number of nitrogens with one attached hydrogen (secondary N) is 2. The molecule has 6 rings (SSSR count). The summed E-state index contributed by atoms with van der Waals surface area (Å²) in [4.78, 5) is 25.0. The van der Waals surface area contributed by atoms with Crippen LogP contribution in [0.3, 0.4) is 0 Å². The molecule has 14 heteroatoms. The fourth-order valence-corrected chi connectivity index (χ4v) is 6.47. The molecule has 0 radical (unpaired) electrons. The molecule has 3 saturated heterocycles. The zero-order chi connectivity index (χ0) is 33.1. The van der Waals surface area contributed by atoms with Crippen LogP contribution in [-0.2, 0) is 15.7 Å². The lowest BCUT2D eigenvalue weighted by Crippen LogP contribution is -2.52. The summed E-state index contributed by atoms with van der Waals surface area (Å²) in [5, 5.41) is 10.8. The number of halogens is 4. The minimum atomic E-state index is -4.39. The van der Waals surface area contributed by atoms with Crippen LogP contribution in [0.5, 0.6) is 0 Å². The Morgan fingerprint density at radius 2 is 1.81 bits per heavy atom. The van der Waals surface area contributed by atoms with Crippen molar-refractivity contribution in [1.29, 1.82) is 0 Å². The fraction of sp³-hybridized carbons (Fsp3) is 0.576. The molecule has 4 atom stereocenters. The maximum atomic E-state index is 14.3. The molecule has 0 saturated carbocycles. The molecule has 47 heavy (non-hydrogen) atoms. The lowest BCUT2D eigenvalue weighted by atomic mass is 9.97. The third kappa shape index (κ3) is 7.92. The van der Waals surface area contributed by atoms with Gasteiger partial charge in [0.25, 0.3) is 5.91 Å². The molecule has 2 N–H and O–H groups in total. The van der Waals surface area contributed by atoms with Crippen LogP contribution in [-0.4, -0.2) is 83.1 Å². The number of carbonyl (C=O) groups is 1. The van der Waals surface area contributed by atoms with E-state index in [9.17, 15) is 22.4 Å². The summed E-state index contributed by atoms with van der Waals surface area (Å²) in [6.07, 6.45) is -1.65. The third-order valence-corrected chi connectivity index (χ3v) is 9.18. The molecule has 254 valence electrons. The number of hydrogen-bond donors (Lipinski definition) is 2. The third-order valence-electron chi connectivity index (χ3n) is 9.18. The van der Waals surface area contributed by atoms with Gasteiger partial charge in [-0.15, -0.1) is 0 Å². The van der Waals surface area contributed by atoms with E-state index in [0.717, 1.165) is 25.0 Å². The van der Waals surface area contributed by atoms with Gasteiger partial charge < -0.3 is 29.5 Å². The van der Waals surface area contributed by atoms with E-state index in [4.69, 9.17) is 14.0 Å². The average molecular weight is 661 g/mol. The molecule has 3 aliphatic rings. The Kier molecular flexibility index (Phi) is 10.1. The molecule has 0 unspecified atom stereocenters. The number of aryl methyl sites for hydroxylation is 1. The van der Waals surface area contributed by atoms with Crippen molar-refractivity contribution in [2.24, 2.45) is 0 Å². The smallest absolute Gasteiger partial charge is 0.378 e. The zero-order valence-corrected chi connectivity index (χ0v) is 26.5. The highest BCUT2D eigenvalue weighted by atomic mass is 19.4. The largest absolute Gasteiger partial charge is 0.416 e. The molecular weight excluding hydrogens is 620 g/mol. The summed E-state index contributed by atoms with van der Waals surface area (Å²) < 4.78 is 70.2. The van der Waals surface area contributed by atoms with Gasteiger partial charge in [-0.05, 0) is 70.1 Å². The van der Waals surface area contributed by atoms with Crippen LogP contribution >= 0.6 is 0 Å². The van der Waals surface area contributed by atoms with Gasteiger partial charge in [0.1, 0.15) is 23.4 Å². The van der Waals surface area contributed by atoms with Crippen molar-refractivity contribution < 1.29 is 36.4 Å². The minimum absolute atomic E-state index is 0.109.